The number of piperazine rings is 1. The summed E-state index contributed by atoms with van der Waals surface area (Å²) in [6, 6.07) is 9.70. The van der Waals surface area contributed by atoms with E-state index in [-0.39, 0.29) is 0 Å². The lowest BCUT2D eigenvalue weighted by Crippen LogP contribution is -2.54. The van der Waals surface area contributed by atoms with Crippen LogP contribution in [-0.2, 0) is 4.79 Å². The lowest BCUT2D eigenvalue weighted by molar-refractivity contribution is -0.136. The molecular formula is C23H33N3O. The summed E-state index contributed by atoms with van der Waals surface area (Å²) in [5.74, 6) is 0.778. The molecule has 1 aromatic rings. The van der Waals surface area contributed by atoms with Gasteiger partial charge in [0.2, 0.25) is 5.91 Å². The van der Waals surface area contributed by atoms with Gasteiger partial charge >= 0.3 is 0 Å². The van der Waals surface area contributed by atoms with E-state index in [2.05, 4.69) is 45.9 Å². The Morgan fingerprint density at radius 3 is 2.22 bits per heavy atom. The first-order valence-corrected chi connectivity index (χ1v) is 11.0. The fourth-order valence-corrected chi connectivity index (χ4v) is 5.49. The van der Waals surface area contributed by atoms with Crippen LogP contribution in [0.5, 0.6) is 0 Å². The standard InChI is InChI=1S/C23H33N3O/c1-18-5-7-20(8-6-18)24-11-9-23(10-12-24)17-21(23)22(27)26-15-13-25(14-16-26)19-3-2-4-19/h5-8,19,21H,2-4,9-17H2,1H3. The third-order valence-corrected chi connectivity index (χ3v) is 7.86. The van der Waals surface area contributed by atoms with Crippen molar-refractivity contribution in [2.45, 2.75) is 51.5 Å². The molecule has 4 nitrogen and oxygen atoms in total. The Bertz CT molecular complexity index is 680. The molecule has 4 heteroatoms. The second-order valence-corrected chi connectivity index (χ2v) is 9.39. The summed E-state index contributed by atoms with van der Waals surface area (Å²) in [4.78, 5) is 20.4. The summed E-state index contributed by atoms with van der Waals surface area (Å²) in [6.45, 7) is 8.44. The maximum atomic E-state index is 13.1. The van der Waals surface area contributed by atoms with Crippen LogP contribution in [0.25, 0.3) is 0 Å². The van der Waals surface area contributed by atoms with Gasteiger partial charge in [-0.3, -0.25) is 9.69 Å². The monoisotopic (exact) mass is 367 g/mol. The minimum atomic E-state index is 0.313. The fourth-order valence-electron chi connectivity index (χ4n) is 5.49. The number of anilines is 1. The van der Waals surface area contributed by atoms with Gasteiger partial charge in [0, 0.05) is 56.9 Å². The number of aryl methyl sites for hydroxylation is 1. The van der Waals surface area contributed by atoms with E-state index in [1.165, 1.54) is 43.4 Å². The van der Waals surface area contributed by atoms with Crippen LogP contribution in [-0.4, -0.2) is 61.0 Å². The fraction of sp³-hybridized carbons (Fsp3) is 0.696. The van der Waals surface area contributed by atoms with Gasteiger partial charge in [-0.05, 0) is 56.6 Å². The molecule has 2 aliphatic heterocycles. The highest BCUT2D eigenvalue weighted by molar-refractivity contribution is 5.83. The molecule has 1 spiro atoms. The van der Waals surface area contributed by atoms with Crippen molar-refractivity contribution >= 4 is 11.6 Å². The SMILES string of the molecule is Cc1ccc(N2CCC3(CC2)CC3C(=O)N2CCN(C3CCC3)CC2)cc1. The zero-order valence-corrected chi connectivity index (χ0v) is 16.7. The molecule has 4 fully saturated rings. The van der Waals surface area contributed by atoms with Gasteiger partial charge in [-0.2, -0.15) is 0 Å². The Labute approximate surface area is 163 Å². The third-order valence-electron chi connectivity index (χ3n) is 7.86. The molecule has 1 unspecified atom stereocenters. The average molecular weight is 368 g/mol. The number of rotatable bonds is 3. The number of hydrogen-bond donors (Lipinski definition) is 0. The Balaban J connectivity index is 1.13. The molecule has 0 radical (unpaired) electrons. The van der Waals surface area contributed by atoms with Crippen LogP contribution < -0.4 is 4.90 Å². The number of piperidine rings is 1. The normalized spacial score (nSPS) is 28.3. The third kappa shape index (κ3) is 3.26. The average Bonchev–Trinajstić information content (AvgIpc) is 3.35. The van der Waals surface area contributed by atoms with Crippen molar-refractivity contribution in [3.8, 4) is 0 Å². The van der Waals surface area contributed by atoms with Crippen molar-refractivity contribution in [3.63, 3.8) is 0 Å². The largest absolute Gasteiger partial charge is 0.371 e. The molecule has 2 saturated heterocycles. The molecule has 27 heavy (non-hydrogen) atoms. The molecule has 1 aromatic carbocycles. The van der Waals surface area contributed by atoms with Crippen molar-refractivity contribution < 1.29 is 4.79 Å². The van der Waals surface area contributed by atoms with E-state index < -0.39 is 0 Å². The van der Waals surface area contributed by atoms with E-state index >= 15 is 0 Å². The van der Waals surface area contributed by atoms with Crippen molar-refractivity contribution in [1.82, 2.24) is 9.80 Å². The van der Waals surface area contributed by atoms with E-state index in [4.69, 9.17) is 0 Å². The number of carbonyl (C=O) groups excluding carboxylic acids is 1. The maximum Gasteiger partial charge on any atom is 0.226 e. The number of hydrogen-bond acceptors (Lipinski definition) is 3. The molecular weight excluding hydrogens is 334 g/mol. The Kier molecular flexibility index (Phi) is 4.42. The van der Waals surface area contributed by atoms with Gasteiger partial charge in [-0.15, -0.1) is 0 Å². The predicted molar refractivity (Wildman–Crippen MR) is 109 cm³/mol. The first-order chi connectivity index (χ1) is 13.1. The van der Waals surface area contributed by atoms with Gasteiger partial charge in [-0.25, -0.2) is 0 Å². The quantitative estimate of drug-likeness (QED) is 0.820. The van der Waals surface area contributed by atoms with Gasteiger partial charge in [0.25, 0.3) is 0 Å². The zero-order valence-electron chi connectivity index (χ0n) is 16.7. The molecule has 1 amide bonds. The van der Waals surface area contributed by atoms with Crippen LogP contribution in [0.1, 0.15) is 44.1 Å². The van der Waals surface area contributed by atoms with Crippen LogP contribution in [0.2, 0.25) is 0 Å². The van der Waals surface area contributed by atoms with Gasteiger partial charge in [0.1, 0.15) is 0 Å². The highest BCUT2D eigenvalue weighted by Crippen LogP contribution is 2.60. The molecule has 0 aromatic heterocycles. The number of carbonyl (C=O) groups is 1. The number of benzene rings is 1. The van der Waals surface area contributed by atoms with Gasteiger partial charge in [0.05, 0.1) is 0 Å². The molecule has 0 N–H and O–H groups in total. The summed E-state index contributed by atoms with van der Waals surface area (Å²) in [5.41, 5.74) is 2.98. The molecule has 2 aliphatic carbocycles. The topological polar surface area (TPSA) is 26.8 Å². The Morgan fingerprint density at radius 2 is 1.63 bits per heavy atom. The molecule has 0 bridgehead atoms. The molecule has 2 heterocycles. The molecule has 2 saturated carbocycles. The zero-order chi connectivity index (χ0) is 18.4. The predicted octanol–water partition coefficient (Wildman–Crippen LogP) is 3.30. The van der Waals surface area contributed by atoms with Gasteiger partial charge in [0.15, 0.2) is 0 Å². The first-order valence-electron chi connectivity index (χ1n) is 11.0. The summed E-state index contributed by atoms with van der Waals surface area (Å²) in [7, 11) is 0. The Hall–Kier alpha value is -1.55. The van der Waals surface area contributed by atoms with E-state index in [9.17, 15) is 4.79 Å². The summed E-state index contributed by atoms with van der Waals surface area (Å²) >= 11 is 0. The van der Waals surface area contributed by atoms with Crippen LogP contribution >= 0.6 is 0 Å². The summed E-state index contributed by atoms with van der Waals surface area (Å²) in [6.07, 6.45) is 7.64. The molecule has 146 valence electrons. The molecule has 4 aliphatic rings. The highest BCUT2D eigenvalue weighted by atomic mass is 16.2. The van der Waals surface area contributed by atoms with Gasteiger partial charge in [-0.1, -0.05) is 24.1 Å². The van der Waals surface area contributed by atoms with Crippen LogP contribution in [0.4, 0.5) is 5.69 Å². The Morgan fingerprint density at radius 1 is 0.963 bits per heavy atom. The lowest BCUT2D eigenvalue weighted by atomic mass is 9.89. The molecule has 5 rings (SSSR count). The van der Waals surface area contributed by atoms with Crippen LogP contribution in [0, 0.1) is 18.3 Å². The minimum Gasteiger partial charge on any atom is -0.371 e. The number of amides is 1. The summed E-state index contributed by atoms with van der Waals surface area (Å²) < 4.78 is 0. The lowest BCUT2D eigenvalue weighted by Gasteiger charge is -2.43. The first kappa shape index (κ1) is 17.5. The van der Waals surface area contributed by atoms with Crippen LogP contribution in [0.15, 0.2) is 24.3 Å². The van der Waals surface area contributed by atoms with E-state index in [1.807, 2.05) is 0 Å². The maximum absolute atomic E-state index is 13.1. The smallest absolute Gasteiger partial charge is 0.226 e. The highest BCUT2D eigenvalue weighted by Gasteiger charge is 2.59. The van der Waals surface area contributed by atoms with E-state index in [0.717, 1.165) is 51.7 Å². The minimum absolute atomic E-state index is 0.313. The van der Waals surface area contributed by atoms with E-state index in [1.54, 1.807) is 0 Å². The van der Waals surface area contributed by atoms with E-state index in [0.29, 0.717) is 17.2 Å². The van der Waals surface area contributed by atoms with Crippen molar-refractivity contribution in [2.24, 2.45) is 11.3 Å². The van der Waals surface area contributed by atoms with Crippen molar-refractivity contribution in [2.75, 3.05) is 44.2 Å². The summed E-state index contributed by atoms with van der Waals surface area (Å²) in [5, 5.41) is 0. The molecule has 1 atom stereocenters. The van der Waals surface area contributed by atoms with Crippen molar-refractivity contribution in [1.29, 1.82) is 0 Å². The second kappa shape index (κ2) is 6.80. The van der Waals surface area contributed by atoms with Gasteiger partial charge < -0.3 is 9.80 Å². The number of nitrogens with zero attached hydrogens (tertiary/aromatic N) is 3. The second-order valence-electron chi connectivity index (χ2n) is 9.39. The van der Waals surface area contributed by atoms with Crippen LogP contribution in [0.3, 0.4) is 0 Å². The van der Waals surface area contributed by atoms with Crippen molar-refractivity contribution in [3.05, 3.63) is 29.8 Å².